The SMILES string of the molecule is Cc1ccnc(-n2c3[c-]c(Oc4[c-]c(N5[CH-]N(c6c(C(C)C)cc(-c7cccc(F)c7)cc6C(C)C)c6ccccc65)cc(-c5ccno5)c4)ccc3c3ccccc32)c1.[Pt]. The van der Waals surface area contributed by atoms with Gasteiger partial charge in [0.25, 0.3) is 0 Å². The van der Waals surface area contributed by atoms with E-state index < -0.39 is 0 Å². The van der Waals surface area contributed by atoms with Gasteiger partial charge in [0.1, 0.15) is 17.4 Å². The van der Waals surface area contributed by atoms with Crippen molar-refractivity contribution in [1.29, 1.82) is 0 Å². The quantitative estimate of drug-likeness (QED) is 0.134. The van der Waals surface area contributed by atoms with Gasteiger partial charge in [0.05, 0.1) is 6.20 Å². The Morgan fingerprint density at radius 1 is 0.672 bits per heavy atom. The van der Waals surface area contributed by atoms with Crippen LogP contribution in [0.5, 0.6) is 11.5 Å². The summed E-state index contributed by atoms with van der Waals surface area (Å²) in [5.41, 5.74) is 11.9. The van der Waals surface area contributed by atoms with Crippen LogP contribution in [0, 0.1) is 31.5 Å². The van der Waals surface area contributed by atoms with E-state index in [0.717, 1.165) is 72.6 Å². The van der Waals surface area contributed by atoms with Crippen molar-refractivity contribution in [2.75, 3.05) is 9.80 Å². The molecule has 61 heavy (non-hydrogen) atoms. The molecule has 1 aliphatic rings. The maximum Gasteiger partial charge on any atom is 0.143 e. The van der Waals surface area contributed by atoms with Gasteiger partial charge in [0, 0.05) is 67.4 Å². The van der Waals surface area contributed by atoms with Gasteiger partial charge in [-0.05, 0) is 107 Å². The van der Waals surface area contributed by atoms with E-state index >= 15 is 0 Å². The molecule has 9 aromatic rings. The number of hydrogen-bond donors (Lipinski definition) is 0. The number of ether oxygens (including phenoxy) is 1. The van der Waals surface area contributed by atoms with Crippen LogP contribution in [0.3, 0.4) is 0 Å². The van der Waals surface area contributed by atoms with Gasteiger partial charge in [0.2, 0.25) is 0 Å². The van der Waals surface area contributed by atoms with Gasteiger partial charge in [0.15, 0.2) is 0 Å². The molecule has 306 valence electrons. The zero-order valence-corrected chi connectivity index (χ0v) is 36.5. The Morgan fingerprint density at radius 2 is 1.43 bits per heavy atom. The number of aryl methyl sites for hydroxylation is 1. The molecule has 0 atom stereocenters. The molecule has 1 aliphatic heterocycles. The number of hydrogen-bond acceptors (Lipinski definition) is 6. The zero-order chi connectivity index (χ0) is 41.1. The van der Waals surface area contributed by atoms with E-state index in [-0.39, 0.29) is 38.7 Å². The second-order valence-electron chi connectivity index (χ2n) is 15.9. The van der Waals surface area contributed by atoms with Crippen molar-refractivity contribution in [3.05, 3.63) is 181 Å². The third kappa shape index (κ3) is 7.29. The van der Waals surface area contributed by atoms with Crippen molar-refractivity contribution in [2.45, 2.75) is 46.5 Å². The summed E-state index contributed by atoms with van der Waals surface area (Å²) in [6.07, 6.45) is 3.47. The number of pyridine rings is 1. The normalized spacial score (nSPS) is 12.5. The number of nitrogens with zero attached hydrogens (tertiary/aromatic N) is 5. The Kier molecular flexibility index (Phi) is 10.6. The minimum atomic E-state index is -0.250. The van der Waals surface area contributed by atoms with Crippen LogP contribution in [0.2, 0.25) is 0 Å². The summed E-state index contributed by atoms with van der Waals surface area (Å²) in [4.78, 5) is 9.17. The smallest absolute Gasteiger partial charge is 0.143 e. The molecule has 6 aromatic carbocycles. The zero-order valence-electron chi connectivity index (χ0n) is 34.3. The fourth-order valence-electron chi connectivity index (χ4n) is 8.31. The molecule has 7 nitrogen and oxygen atoms in total. The molecule has 0 N–H and O–H groups in total. The topological polar surface area (TPSA) is 59.6 Å². The maximum atomic E-state index is 14.5. The van der Waals surface area contributed by atoms with Crippen molar-refractivity contribution in [1.82, 2.24) is 14.7 Å². The van der Waals surface area contributed by atoms with E-state index in [0.29, 0.717) is 17.3 Å². The number of rotatable bonds is 9. The summed E-state index contributed by atoms with van der Waals surface area (Å²) in [5.74, 6) is 2.53. The average Bonchev–Trinajstić information content (AvgIpc) is 4.00. The third-order valence-electron chi connectivity index (χ3n) is 11.2. The first-order valence-electron chi connectivity index (χ1n) is 20.2. The van der Waals surface area contributed by atoms with Crippen LogP contribution in [-0.2, 0) is 21.1 Å². The standard InChI is InChI=1S/C52H41FN5O2.Pt/c1-32(2)44-27-36(35-11-10-12-38(53)24-35)28-45(33(3)4)52(44)57-31-56(47-15-8-9-16-48(47)57)39-25-37(50-20-22-55-60-50)26-41(29-39)59-40-17-18-43-42-13-6-7-14-46(42)58(49(43)30-40)51-23-34(5)19-21-54-51;/h6-28,31-33H,1-5H3;/q-3;. The van der Waals surface area contributed by atoms with Gasteiger partial charge in [-0.2, -0.15) is 6.07 Å². The molecule has 0 unspecified atom stereocenters. The predicted molar refractivity (Wildman–Crippen MR) is 238 cm³/mol. The van der Waals surface area contributed by atoms with Crippen molar-refractivity contribution in [3.8, 4) is 39.8 Å². The van der Waals surface area contributed by atoms with Crippen LogP contribution in [0.25, 0.3) is 50.1 Å². The fourth-order valence-corrected chi connectivity index (χ4v) is 8.31. The Hall–Kier alpha value is -6.50. The summed E-state index contributed by atoms with van der Waals surface area (Å²) in [5, 5.41) is 6.18. The Labute approximate surface area is 369 Å². The van der Waals surface area contributed by atoms with Crippen molar-refractivity contribution in [2.24, 2.45) is 0 Å². The number of benzene rings is 6. The minimum absolute atomic E-state index is 0. The van der Waals surface area contributed by atoms with Crippen molar-refractivity contribution >= 4 is 44.6 Å². The Morgan fingerprint density at radius 3 is 2.15 bits per heavy atom. The average molecular weight is 982 g/mol. The summed E-state index contributed by atoms with van der Waals surface area (Å²) < 4.78 is 29.0. The molecule has 0 saturated carbocycles. The Balaban J connectivity index is 0.00000476. The van der Waals surface area contributed by atoms with Crippen LogP contribution < -0.4 is 14.5 Å². The van der Waals surface area contributed by atoms with E-state index in [1.165, 1.54) is 17.2 Å². The molecule has 9 heteroatoms. The molecule has 4 heterocycles. The summed E-state index contributed by atoms with van der Waals surface area (Å²) >= 11 is 0. The molecule has 0 amide bonds. The molecule has 0 bridgehead atoms. The first-order valence-corrected chi connectivity index (χ1v) is 20.2. The number of fused-ring (bicyclic) bond motifs is 4. The summed E-state index contributed by atoms with van der Waals surface area (Å²) in [7, 11) is 0. The molecule has 10 rings (SSSR count). The van der Waals surface area contributed by atoms with Gasteiger partial charge in [-0.15, -0.1) is 48.1 Å². The minimum Gasteiger partial charge on any atom is -0.509 e. The number of anilines is 4. The largest absolute Gasteiger partial charge is 0.509 e. The van der Waals surface area contributed by atoms with Crippen LogP contribution in [-0.4, -0.2) is 14.7 Å². The third-order valence-corrected chi connectivity index (χ3v) is 11.2. The Bertz CT molecular complexity index is 3040. The summed E-state index contributed by atoms with van der Waals surface area (Å²) in [6.45, 7) is 13.0. The first-order chi connectivity index (χ1) is 29.2. The molecule has 0 aliphatic carbocycles. The van der Waals surface area contributed by atoms with Crippen LogP contribution in [0.4, 0.5) is 27.1 Å². The number of halogens is 1. The monoisotopic (exact) mass is 981 g/mol. The molecular weight excluding hydrogens is 941 g/mol. The van der Waals surface area contributed by atoms with Gasteiger partial charge < -0.3 is 23.6 Å². The van der Waals surface area contributed by atoms with E-state index in [1.54, 1.807) is 18.3 Å². The number of aromatic nitrogens is 3. The molecule has 0 radical (unpaired) electrons. The second kappa shape index (κ2) is 16.2. The van der Waals surface area contributed by atoms with Crippen molar-refractivity contribution in [3.63, 3.8) is 0 Å². The van der Waals surface area contributed by atoms with E-state index in [9.17, 15) is 4.39 Å². The summed E-state index contributed by atoms with van der Waals surface area (Å²) in [6, 6.07) is 49.0. The van der Waals surface area contributed by atoms with Gasteiger partial charge in [-0.3, -0.25) is 0 Å². The van der Waals surface area contributed by atoms with Gasteiger partial charge in [-0.25, -0.2) is 9.37 Å². The molecule has 0 spiro atoms. The van der Waals surface area contributed by atoms with E-state index in [4.69, 9.17) is 14.2 Å². The molecular formula is C52H41FN5O2Pt-3. The molecule has 0 fully saturated rings. The van der Waals surface area contributed by atoms with E-state index in [1.807, 2.05) is 54.7 Å². The van der Waals surface area contributed by atoms with E-state index in [2.05, 4.69) is 134 Å². The second-order valence-corrected chi connectivity index (χ2v) is 15.9. The van der Waals surface area contributed by atoms with Gasteiger partial charge in [-0.1, -0.05) is 86.4 Å². The van der Waals surface area contributed by atoms with Crippen LogP contribution in [0.15, 0.2) is 144 Å². The molecule has 3 aromatic heterocycles. The molecule has 0 saturated heterocycles. The fraction of sp³-hybridized carbons (Fsp3) is 0.135. The first kappa shape index (κ1) is 39.9. The van der Waals surface area contributed by atoms with Crippen molar-refractivity contribution < 1.29 is 34.7 Å². The van der Waals surface area contributed by atoms with Gasteiger partial charge >= 0.3 is 0 Å². The maximum absolute atomic E-state index is 14.5. The van der Waals surface area contributed by atoms with Crippen LogP contribution in [0.1, 0.15) is 56.2 Å². The number of para-hydroxylation sites is 3. The van der Waals surface area contributed by atoms with Crippen LogP contribution >= 0.6 is 0 Å². The predicted octanol–water partition coefficient (Wildman–Crippen LogP) is 14.0.